The number of hydrogen-bond donors (Lipinski definition) is 1. The summed E-state index contributed by atoms with van der Waals surface area (Å²) >= 11 is 0. The average Bonchev–Trinajstić information content (AvgIpc) is 3.05. The van der Waals surface area contributed by atoms with E-state index in [-0.39, 0.29) is 11.9 Å². The summed E-state index contributed by atoms with van der Waals surface area (Å²) in [5.41, 5.74) is 1.92. The standard InChI is InChI=1S/C20H18FN3O/c21-16-8-6-14(7-9-16)18-12-17(25)13-24(18)19-10-11-22-20(23-19)15-4-2-1-3-5-15/h1-11,17-18,25H,12-13H2/t17-,18-/m0/s1. The minimum Gasteiger partial charge on any atom is -0.391 e. The van der Waals surface area contributed by atoms with Crippen molar-refractivity contribution in [2.75, 3.05) is 11.4 Å². The number of β-amino-alcohol motifs (C(OH)–C–C–N with tert-alkyl or cyclic N) is 1. The lowest BCUT2D eigenvalue weighted by Crippen LogP contribution is -2.25. The lowest BCUT2D eigenvalue weighted by atomic mass is 10.0. The van der Waals surface area contributed by atoms with Crippen LogP contribution in [-0.2, 0) is 0 Å². The molecular formula is C20H18FN3O. The molecule has 1 saturated heterocycles. The average molecular weight is 335 g/mol. The number of aliphatic hydroxyl groups is 1. The van der Waals surface area contributed by atoms with Gasteiger partial charge in [0, 0.05) is 18.3 Å². The first-order valence-electron chi connectivity index (χ1n) is 8.29. The van der Waals surface area contributed by atoms with Crippen LogP contribution >= 0.6 is 0 Å². The highest BCUT2D eigenvalue weighted by atomic mass is 19.1. The van der Waals surface area contributed by atoms with Gasteiger partial charge in [-0.2, -0.15) is 0 Å². The van der Waals surface area contributed by atoms with Crippen molar-refractivity contribution in [2.45, 2.75) is 18.6 Å². The predicted octanol–water partition coefficient (Wildman–Crippen LogP) is 3.60. The highest BCUT2D eigenvalue weighted by Crippen LogP contribution is 2.35. The number of anilines is 1. The van der Waals surface area contributed by atoms with E-state index in [4.69, 9.17) is 0 Å². The lowest BCUT2D eigenvalue weighted by molar-refractivity contribution is 0.194. The molecule has 1 fully saturated rings. The Kier molecular flexibility index (Phi) is 4.15. The van der Waals surface area contributed by atoms with Crippen molar-refractivity contribution in [2.24, 2.45) is 0 Å². The predicted molar refractivity (Wildman–Crippen MR) is 94.6 cm³/mol. The van der Waals surface area contributed by atoms with Gasteiger partial charge < -0.3 is 10.0 Å². The quantitative estimate of drug-likeness (QED) is 0.795. The Morgan fingerprint density at radius 3 is 2.52 bits per heavy atom. The SMILES string of the molecule is O[C@H]1C[C@@H](c2ccc(F)cc2)N(c2ccnc(-c3ccccc3)n2)C1. The van der Waals surface area contributed by atoms with E-state index < -0.39 is 6.10 Å². The van der Waals surface area contributed by atoms with Gasteiger partial charge in [-0.1, -0.05) is 42.5 Å². The number of halogens is 1. The minimum absolute atomic E-state index is 0.0332. The van der Waals surface area contributed by atoms with Crippen LogP contribution in [0.1, 0.15) is 18.0 Å². The Morgan fingerprint density at radius 2 is 1.76 bits per heavy atom. The fourth-order valence-corrected chi connectivity index (χ4v) is 3.30. The molecule has 0 spiro atoms. The summed E-state index contributed by atoms with van der Waals surface area (Å²) in [6.45, 7) is 0.493. The molecule has 2 aromatic carbocycles. The molecule has 1 N–H and O–H groups in total. The van der Waals surface area contributed by atoms with Crippen LogP contribution in [0, 0.1) is 5.82 Å². The first-order chi connectivity index (χ1) is 12.2. The van der Waals surface area contributed by atoms with Gasteiger partial charge in [-0.05, 0) is 30.2 Å². The second kappa shape index (κ2) is 6.61. The Hall–Kier alpha value is -2.79. The summed E-state index contributed by atoms with van der Waals surface area (Å²) in [7, 11) is 0. The van der Waals surface area contributed by atoms with E-state index >= 15 is 0 Å². The summed E-state index contributed by atoms with van der Waals surface area (Å²) < 4.78 is 13.2. The van der Waals surface area contributed by atoms with E-state index in [2.05, 4.69) is 14.9 Å². The molecule has 4 rings (SSSR count). The van der Waals surface area contributed by atoms with Gasteiger partial charge >= 0.3 is 0 Å². The van der Waals surface area contributed by atoms with Crippen LogP contribution in [0.4, 0.5) is 10.2 Å². The van der Waals surface area contributed by atoms with Gasteiger partial charge in [-0.15, -0.1) is 0 Å². The van der Waals surface area contributed by atoms with Crippen LogP contribution in [0.25, 0.3) is 11.4 Å². The Balaban J connectivity index is 1.69. The van der Waals surface area contributed by atoms with Crippen LogP contribution in [0.5, 0.6) is 0 Å². The molecule has 4 nitrogen and oxygen atoms in total. The van der Waals surface area contributed by atoms with Crippen LogP contribution in [0.3, 0.4) is 0 Å². The zero-order valence-corrected chi connectivity index (χ0v) is 13.6. The molecule has 3 aromatic rings. The minimum atomic E-state index is -0.440. The van der Waals surface area contributed by atoms with Gasteiger partial charge in [0.2, 0.25) is 0 Å². The Labute approximate surface area is 145 Å². The maximum absolute atomic E-state index is 13.2. The topological polar surface area (TPSA) is 49.2 Å². The number of rotatable bonds is 3. The van der Waals surface area contributed by atoms with Crippen molar-refractivity contribution in [1.82, 2.24) is 9.97 Å². The van der Waals surface area contributed by atoms with Crippen LogP contribution in [-0.4, -0.2) is 27.7 Å². The van der Waals surface area contributed by atoms with Crippen molar-refractivity contribution in [3.8, 4) is 11.4 Å². The van der Waals surface area contributed by atoms with Crippen LogP contribution in [0.2, 0.25) is 0 Å². The molecule has 1 aliphatic rings. The molecule has 0 unspecified atom stereocenters. The van der Waals surface area contributed by atoms with Crippen LogP contribution in [0.15, 0.2) is 66.9 Å². The third kappa shape index (κ3) is 3.23. The molecule has 2 heterocycles. The number of hydrogen-bond acceptors (Lipinski definition) is 4. The monoisotopic (exact) mass is 335 g/mol. The molecule has 2 atom stereocenters. The zero-order chi connectivity index (χ0) is 17.2. The lowest BCUT2D eigenvalue weighted by Gasteiger charge is -2.26. The third-order valence-electron chi connectivity index (χ3n) is 4.50. The molecule has 1 aliphatic heterocycles. The van der Waals surface area contributed by atoms with Gasteiger partial charge in [0.25, 0.3) is 0 Å². The summed E-state index contributed by atoms with van der Waals surface area (Å²) in [5.74, 6) is 1.15. The molecule has 25 heavy (non-hydrogen) atoms. The second-order valence-corrected chi connectivity index (χ2v) is 6.21. The van der Waals surface area contributed by atoms with Gasteiger partial charge in [0.05, 0.1) is 12.1 Å². The molecular weight excluding hydrogens is 317 g/mol. The van der Waals surface area contributed by atoms with Gasteiger partial charge in [0.1, 0.15) is 11.6 Å². The van der Waals surface area contributed by atoms with E-state index in [1.54, 1.807) is 18.3 Å². The molecule has 5 heteroatoms. The third-order valence-corrected chi connectivity index (χ3v) is 4.50. The van der Waals surface area contributed by atoms with Crippen molar-refractivity contribution < 1.29 is 9.50 Å². The molecule has 0 amide bonds. The number of aliphatic hydroxyl groups excluding tert-OH is 1. The van der Waals surface area contributed by atoms with Gasteiger partial charge in [0.15, 0.2) is 5.82 Å². The fourth-order valence-electron chi connectivity index (χ4n) is 3.30. The molecule has 0 aliphatic carbocycles. The Morgan fingerprint density at radius 1 is 1.00 bits per heavy atom. The van der Waals surface area contributed by atoms with Gasteiger partial charge in [-0.25, -0.2) is 14.4 Å². The molecule has 0 saturated carbocycles. The molecule has 0 radical (unpaired) electrons. The van der Waals surface area contributed by atoms with E-state index in [9.17, 15) is 9.50 Å². The highest BCUT2D eigenvalue weighted by molar-refractivity contribution is 5.57. The molecule has 0 bridgehead atoms. The first-order valence-corrected chi connectivity index (χ1v) is 8.29. The summed E-state index contributed by atoms with van der Waals surface area (Å²) in [4.78, 5) is 11.1. The fraction of sp³-hybridized carbons (Fsp3) is 0.200. The van der Waals surface area contributed by atoms with Crippen LogP contribution < -0.4 is 4.90 Å². The van der Waals surface area contributed by atoms with Crippen molar-refractivity contribution in [3.05, 3.63) is 78.2 Å². The second-order valence-electron chi connectivity index (χ2n) is 6.21. The number of aromatic nitrogens is 2. The van der Waals surface area contributed by atoms with Gasteiger partial charge in [-0.3, -0.25) is 0 Å². The van der Waals surface area contributed by atoms with E-state index in [1.807, 2.05) is 36.4 Å². The maximum atomic E-state index is 13.2. The van der Waals surface area contributed by atoms with E-state index in [1.165, 1.54) is 12.1 Å². The zero-order valence-electron chi connectivity index (χ0n) is 13.6. The van der Waals surface area contributed by atoms with Crippen molar-refractivity contribution in [1.29, 1.82) is 0 Å². The number of benzene rings is 2. The normalized spacial score (nSPS) is 20.0. The largest absolute Gasteiger partial charge is 0.391 e. The summed E-state index contributed by atoms with van der Waals surface area (Å²) in [5, 5.41) is 10.2. The van der Waals surface area contributed by atoms with Crippen molar-refractivity contribution in [3.63, 3.8) is 0 Å². The van der Waals surface area contributed by atoms with E-state index in [0.717, 1.165) is 16.9 Å². The Bertz CT molecular complexity index is 854. The maximum Gasteiger partial charge on any atom is 0.161 e. The smallest absolute Gasteiger partial charge is 0.161 e. The van der Waals surface area contributed by atoms with E-state index in [0.29, 0.717) is 18.8 Å². The molecule has 126 valence electrons. The first kappa shape index (κ1) is 15.7. The molecule has 1 aromatic heterocycles. The number of nitrogens with zero attached hydrogens (tertiary/aromatic N) is 3. The summed E-state index contributed by atoms with van der Waals surface area (Å²) in [6, 6.07) is 18.0. The highest BCUT2D eigenvalue weighted by Gasteiger charge is 2.33. The summed E-state index contributed by atoms with van der Waals surface area (Å²) in [6.07, 6.45) is 1.89. The van der Waals surface area contributed by atoms with Crippen molar-refractivity contribution >= 4 is 5.82 Å².